The molecule has 1 aliphatic carbocycles. The van der Waals surface area contributed by atoms with Crippen molar-refractivity contribution in [3.05, 3.63) is 71.4 Å². The number of aromatic amines is 1. The molecule has 5 rings (SSSR count). The number of piperidine rings is 1. The Balaban J connectivity index is 1.41. The summed E-state index contributed by atoms with van der Waals surface area (Å²) in [6.45, 7) is 1.78. The van der Waals surface area contributed by atoms with E-state index in [1.54, 1.807) is 0 Å². The number of aliphatic hydroxyl groups excluding tert-OH is 1. The van der Waals surface area contributed by atoms with Gasteiger partial charge in [0.1, 0.15) is 0 Å². The SMILES string of the molecule is O=C(Cc1c[nH]c2ccccc12)N[C@@H]1c2ccccc2C2(CCNCC2)[C@H]1O. The molecule has 4 N–H and O–H groups in total. The van der Waals surface area contributed by atoms with Gasteiger partial charge in [-0.1, -0.05) is 42.5 Å². The van der Waals surface area contributed by atoms with Crippen LogP contribution in [0.3, 0.4) is 0 Å². The quantitative estimate of drug-likeness (QED) is 0.568. The Morgan fingerprint density at radius 1 is 1.11 bits per heavy atom. The zero-order valence-corrected chi connectivity index (χ0v) is 15.7. The number of nitrogens with one attached hydrogen (secondary N) is 3. The molecule has 3 aromatic rings. The molecule has 1 fully saturated rings. The predicted molar refractivity (Wildman–Crippen MR) is 109 cm³/mol. The second-order valence-electron chi connectivity index (χ2n) is 8.02. The van der Waals surface area contributed by atoms with Crippen LogP contribution in [0.25, 0.3) is 10.9 Å². The number of carbonyl (C=O) groups excluding carboxylic acids is 1. The van der Waals surface area contributed by atoms with E-state index in [0.29, 0.717) is 6.42 Å². The number of hydrogen-bond donors (Lipinski definition) is 4. The van der Waals surface area contributed by atoms with E-state index in [4.69, 9.17) is 0 Å². The summed E-state index contributed by atoms with van der Waals surface area (Å²) >= 11 is 0. The van der Waals surface area contributed by atoms with Crippen LogP contribution < -0.4 is 10.6 Å². The Kier molecular flexibility index (Phi) is 4.22. The molecule has 2 heterocycles. The maximum atomic E-state index is 12.9. The lowest BCUT2D eigenvalue weighted by atomic mass is 9.72. The lowest BCUT2D eigenvalue weighted by Gasteiger charge is -2.38. The molecule has 0 unspecified atom stereocenters. The van der Waals surface area contributed by atoms with Crippen LogP contribution in [0.4, 0.5) is 0 Å². The molecule has 0 radical (unpaired) electrons. The van der Waals surface area contributed by atoms with Crippen LogP contribution in [0.2, 0.25) is 0 Å². The van der Waals surface area contributed by atoms with E-state index >= 15 is 0 Å². The Morgan fingerprint density at radius 2 is 1.86 bits per heavy atom. The van der Waals surface area contributed by atoms with Crippen LogP contribution in [0.1, 0.15) is 35.6 Å². The van der Waals surface area contributed by atoms with Gasteiger partial charge in [-0.3, -0.25) is 4.79 Å². The first-order chi connectivity index (χ1) is 13.7. The van der Waals surface area contributed by atoms with E-state index in [-0.39, 0.29) is 17.4 Å². The van der Waals surface area contributed by atoms with Gasteiger partial charge in [-0.15, -0.1) is 0 Å². The number of carbonyl (C=O) groups is 1. The third-order valence-electron chi connectivity index (χ3n) is 6.55. The molecule has 1 saturated heterocycles. The average Bonchev–Trinajstić information content (AvgIpc) is 3.23. The molecule has 5 nitrogen and oxygen atoms in total. The fourth-order valence-corrected chi connectivity index (χ4v) is 5.14. The Bertz CT molecular complexity index is 1020. The van der Waals surface area contributed by atoms with Gasteiger partial charge in [0.15, 0.2) is 0 Å². The van der Waals surface area contributed by atoms with Crippen LogP contribution in [-0.2, 0) is 16.6 Å². The highest BCUT2D eigenvalue weighted by molar-refractivity contribution is 5.89. The van der Waals surface area contributed by atoms with Gasteiger partial charge in [0, 0.05) is 22.5 Å². The van der Waals surface area contributed by atoms with Gasteiger partial charge in [-0.05, 0) is 48.7 Å². The van der Waals surface area contributed by atoms with Crippen molar-refractivity contribution in [3.63, 3.8) is 0 Å². The van der Waals surface area contributed by atoms with Crippen molar-refractivity contribution in [2.45, 2.75) is 36.8 Å². The van der Waals surface area contributed by atoms with Gasteiger partial charge < -0.3 is 20.7 Å². The lowest BCUT2D eigenvalue weighted by Crippen LogP contribution is -2.48. The summed E-state index contributed by atoms with van der Waals surface area (Å²) in [5, 5.41) is 18.9. The average molecular weight is 375 g/mol. The number of fused-ring (bicyclic) bond motifs is 3. The van der Waals surface area contributed by atoms with Crippen molar-refractivity contribution < 1.29 is 9.90 Å². The molecule has 2 aliphatic rings. The number of rotatable bonds is 3. The molecule has 1 aliphatic heterocycles. The maximum Gasteiger partial charge on any atom is 0.225 e. The Morgan fingerprint density at radius 3 is 2.71 bits per heavy atom. The van der Waals surface area contributed by atoms with E-state index in [9.17, 15) is 9.90 Å². The van der Waals surface area contributed by atoms with Crippen LogP contribution in [-0.4, -0.2) is 35.2 Å². The molecule has 28 heavy (non-hydrogen) atoms. The third-order valence-corrected chi connectivity index (χ3v) is 6.55. The normalized spacial score (nSPS) is 23.0. The van der Waals surface area contributed by atoms with Gasteiger partial charge in [0.2, 0.25) is 5.91 Å². The standard InChI is InChI=1S/C23H25N3O2/c27-20(13-15-14-25-19-8-4-2-5-16(15)19)26-21-17-6-1-3-7-18(17)23(22(21)28)9-11-24-12-10-23/h1-8,14,21-22,24-25,28H,9-13H2,(H,26,27)/t21-,22+/m1/s1. The second-order valence-corrected chi connectivity index (χ2v) is 8.02. The van der Waals surface area contributed by atoms with Crippen molar-refractivity contribution in [2.24, 2.45) is 0 Å². The van der Waals surface area contributed by atoms with Crippen molar-refractivity contribution in [1.82, 2.24) is 15.6 Å². The molecule has 2 aromatic carbocycles. The van der Waals surface area contributed by atoms with Crippen molar-refractivity contribution in [2.75, 3.05) is 13.1 Å². The minimum absolute atomic E-state index is 0.0606. The molecular weight excluding hydrogens is 350 g/mol. The summed E-state index contributed by atoms with van der Waals surface area (Å²) in [7, 11) is 0. The fraction of sp³-hybridized carbons (Fsp3) is 0.348. The van der Waals surface area contributed by atoms with Gasteiger partial charge in [-0.2, -0.15) is 0 Å². The van der Waals surface area contributed by atoms with Crippen molar-refractivity contribution in [1.29, 1.82) is 0 Å². The maximum absolute atomic E-state index is 12.9. The molecule has 1 aromatic heterocycles. The first kappa shape index (κ1) is 17.5. The zero-order valence-electron chi connectivity index (χ0n) is 15.7. The van der Waals surface area contributed by atoms with Crippen molar-refractivity contribution in [3.8, 4) is 0 Å². The molecule has 1 spiro atoms. The summed E-state index contributed by atoms with van der Waals surface area (Å²) in [6, 6.07) is 15.8. The predicted octanol–water partition coefficient (Wildman–Crippen LogP) is 2.56. The van der Waals surface area contributed by atoms with Crippen LogP contribution in [0.5, 0.6) is 0 Å². The number of amides is 1. The first-order valence-electron chi connectivity index (χ1n) is 10.0. The molecule has 1 amide bonds. The summed E-state index contributed by atoms with van der Waals surface area (Å²) in [5.74, 6) is -0.0606. The smallest absolute Gasteiger partial charge is 0.225 e. The minimum Gasteiger partial charge on any atom is -0.390 e. The van der Waals surface area contributed by atoms with Gasteiger partial charge >= 0.3 is 0 Å². The molecule has 0 bridgehead atoms. The van der Waals surface area contributed by atoms with E-state index in [0.717, 1.165) is 48.0 Å². The van der Waals surface area contributed by atoms with E-state index < -0.39 is 6.10 Å². The Hall–Kier alpha value is -2.63. The number of aliphatic hydroxyl groups is 1. The molecular formula is C23H25N3O2. The summed E-state index contributed by atoms with van der Waals surface area (Å²) in [5.41, 5.74) is 4.00. The van der Waals surface area contributed by atoms with Gasteiger partial charge in [0.25, 0.3) is 0 Å². The van der Waals surface area contributed by atoms with E-state index in [1.165, 1.54) is 5.56 Å². The lowest BCUT2D eigenvalue weighted by molar-refractivity contribution is -0.122. The number of H-pyrrole nitrogens is 1. The largest absolute Gasteiger partial charge is 0.390 e. The molecule has 2 atom stereocenters. The van der Waals surface area contributed by atoms with Crippen LogP contribution in [0, 0.1) is 0 Å². The highest BCUT2D eigenvalue weighted by Crippen LogP contribution is 2.50. The topological polar surface area (TPSA) is 77.2 Å². The van der Waals surface area contributed by atoms with Gasteiger partial charge in [-0.25, -0.2) is 0 Å². The minimum atomic E-state index is -0.598. The van der Waals surface area contributed by atoms with Crippen LogP contribution in [0.15, 0.2) is 54.7 Å². The monoisotopic (exact) mass is 375 g/mol. The number of benzene rings is 2. The molecule has 5 heteroatoms. The third kappa shape index (κ3) is 2.65. The highest BCUT2D eigenvalue weighted by Gasteiger charge is 2.52. The highest BCUT2D eigenvalue weighted by atomic mass is 16.3. The summed E-state index contributed by atoms with van der Waals surface area (Å²) in [4.78, 5) is 16.1. The summed E-state index contributed by atoms with van der Waals surface area (Å²) < 4.78 is 0. The molecule has 0 saturated carbocycles. The Labute approximate surface area is 164 Å². The zero-order chi connectivity index (χ0) is 19.1. The second kappa shape index (κ2) is 6.76. The first-order valence-corrected chi connectivity index (χ1v) is 10.0. The fourth-order valence-electron chi connectivity index (χ4n) is 5.14. The number of aromatic nitrogens is 1. The van der Waals surface area contributed by atoms with E-state index in [2.05, 4.69) is 21.7 Å². The van der Waals surface area contributed by atoms with E-state index in [1.807, 2.05) is 48.7 Å². The van der Waals surface area contributed by atoms with Crippen LogP contribution >= 0.6 is 0 Å². The van der Waals surface area contributed by atoms with Crippen molar-refractivity contribution >= 4 is 16.8 Å². The number of hydrogen-bond acceptors (Lipinski definition) is 3. The number of para-hydroxylation sites is 1. The summed E-state index contributed by atoms with van der Waals surface area (Å²) in [6.07, 6.45) is 3.38. The molecule has 144 valence electrons. The van der Waals surface area contributed by atoms with Gasteiger partial charge in [0.05, 0.1) is 18.6 Å².